The topological polar surface area (TPSA) is 69.6 Å². The van der Waals surface area contributed by atoms with E-state index in [0.29, 0.717) is 6.54 Å². The summed E-state index contributed by atoms with van der Waals surface area (Å²) in [6.07, 6.45) is 5.77. The van der Waals surface area contributed by atoms with Crippen molar-refractivity contribution in [2.24, 2.45) is 11.8 Å². The van der Waals surface area contributed by atoms with Crippen molar-refractivity contribution in [1.29, 1.82) is 0 Å². The van der Waals surface area contributed by atoms with Crippen LogP contribution in [-0.2, 0) is 4.79 Å². The molecule has 5 heteroatoms. The third-order valence-corrected chi connectivity index (χ3v) is 4.89. The number of likely N-dealkylation sites (tertiary alicyclic amines) is 1. The quantitative estimate of drug-likeness (QED) is 0.835. The van der Waals surface area contributed by atoms with Crippen LogP contribution in [0.1, 0.15) is 52.4 Å². The van der Waals surface area contributed by atoms with Gasteiger partial charge in [-0.3, -0.25) is 4.79 Å². The van der Waals surface area contributed by atoms with Crippen molar-refractivity contribution < 1.29 is 14.7 Å². The van der Waals surface area contributed by atoms with Crippen LogP contribution in [0.15, 0.2) is 0 Å². The molecule has 0 bridgehead atoms. The Balaban J connectivity index is 1.87. The monoisotopic (exact) mass is 282 g/mol. The molecule has 2 atom stereocenters. The summed E-state index contributed by atoms with van der Waals surface area (Å²) < 4.78 is 0. The van der Waals surface area contributed by atoms with Gasteiger partial charge in [-0.15, -0.1) is 0 Å². The molecule has 2 unspecified atom stereocenters. The Morgan fingerprint density at radius 1 is 1.25 bits per heavy atom. The van der Waals surface area contributed by atoms with E-state index in [1.54, 1.807) is 0 Å². The van der Waals surface area contributed by atoms with Gasteiger partial charge >= 0.3 is 12.0 Å². The Kier molecular flexibility index (Phi) is 4.55. The zero-order valence-corrected chi connectivity index (χ0v) is 12.5. The molecule has 1 aliphatic heterocycles. The fourth-order valence-electron chi connectivity index (χ4n) is 3.57. The molecule has 0 aromatic carbocycles. The van der Waals surface area contributed by atoms with Crippen LogP contribution >= 0.6 is 0 Å². The van der Waals surface area contributed by atoms with Gasteiger partial charge in [0.25, 0.3) is 0 Å². The first-order chi connectivity index (χ1) is 9.42. The number of aliphatic carboxylic acids is 1. The van der Waals surface area contributed by atoms with Crippen LogP contribution in [-0.4, -0.2) is 40.6 Å². The summed E-state index contributed by atoms with van der Waals surface area (Å²) >= 11 is 0. The minimum absolute atomic E-state index is 0.0396. The summed E-state index contributed by atoms with van der Waals surface area (Å²) in [6, 6.07) is -0.0396. The number of carbonyl (C=O) groups is 2. The minimum Gasteiger partial charge on any atom is -0.481 e. The maximum Gasteiger partial charge on any atom is 0.317 e. The fourth-order valence-corrected chi connectivity index (χ4v) is 3.57. The van der Waals surface area contributed by atoms with E-state index in [0.717, 1.165) is 45.1 Å². The number of nitrogens with one attached hydrogen (secondary N) is 1. The lowest BCUT2D eigenvalue weighted by Crippen LogP contribution is -2.49. The summed E-state index contributed by atoms with van der Waals surface area (Å²) in [5.74, 6) is -0.933. The summed E-state index contributed by atoms with van der Waals surface area (Å²) in [6.45, 7) is 5.45. The highest BCUT2D eigenvalue weighted by molar-refractivity contribution is 5.75. The highest BCUT2D eigenvalue weighted by Crippen LogP contribution is 2.31. The molecular weight excluding hydrogens is 256 g/mol. The van der Waals surface area contributed by atoms with E-state index in [1.165, 1.54) is 0 Å². The Bertz CT molecular complexity index is 381. The average Bonchev–Trinajstić information content (AvgIpc) is 2.76. The van der Waals surface area contributed by atoms with Crippen LogP contribution < -0.4 is 5.32 Å². The number of rotatable bonds is 3. The van der Waals surface area contributed by atoms with Gasteiger partial charge in [0.15, 0.2) is 0 Å². The fraction of sp³-hybridized carbons (Fsp3) is 0.867. The highest BCUT2D eigenvalue weighted by Gasteiger charge is 2.36. The van der Waals surface area contributed by atoms with Crippen molar-refractivity contribution in [3.05, 3.63) is 0 Å². The molecule has 2 fully saturated rings. The van der Waals surface area contributed by atoms with Crippen LogP contribution in [0.25, 0.3) is 0 Å². The first-order valence-corrected chi connectivity index (χ1v) is 7.70. The van der Waals surface area contributed by atoms with Crippen molar-refractivity contribution in [2.45, 2.75) is 57.9 Å². The molecule has 2 aliphatic rings. The first kappa shape index (κ1) is 15.1. The smallest absolute Gasteiger partial charge is 0.317 e. The molecule has 114 valence electrons. The second kappa shape index (κ2) is 6.02. The molecule has 0 aromatic heterocycles. The lowest BCUT2D eigenvalue weighted by atomic mass is 9.79. The van der Waals surface area contributed by atoms with Gasteiger partial charge in [-0.25, -0.2) is 4.79 Å². The summed E-state index contributed by atoms with van der Waals surface area (Å²) in [5.41, 5.74) is -0.0805. The Hall–Kier alpha value is -1.26. The SMILES string of the molecule is CC1(C)CCCN1C(=O)NCC1CCCCC1C(=O)O. The standard InChI is InChI=1S/C15H26N2O3/c1-15(2)8-5-9-17(15)14(20)16-10-11-6-3-4-7-12(11)13(18)19/h11-12H,3-10H2,1-2H3,(H,16,20)(H,18,19). The van der Waals surface area contributed by atoms with Gasteiger partial charge in [0.2, 0.25) is 0 Å². The maximum atomic E-state index is 12.2. The number of carboxylic acids is 1. The lowest BCUT2D eigenvalue weighted by Gasteiger charge is -2.33. The summed E-state index contributed by atoms with van der Waals surface area (Å²) in [5, 5.41) is 12.2. The number of hydrogen-bond acceptors (Lipinski definition) is 2. The van der Waals surface area contributed by atoms with Crippen LogP contribution in [0, 0.1) is 11.8 Å². The maximum absolute atomic E-state index is 12.2. The van der Waals surface area contributed by atoms with E-state index in [1.807, 2.05) is 4.90 Å². The van der Waals surface area contributed by atoms with Crippen molar-refractivity contribution in [3.8, 4) is 0 Å². The van der Waals surface area contributed by atoms with Crippen LogP contribution in [0.2, 0.25) is 0 Å². The number of carbonyl (C=O) groups excluding carboxylic acids is 1. The van der Waals surface area contributed by atoms with Crippen molar-refractivity contribution in [2.75, 3.05) is 13.1 Å². The van der Waals surface area contributed by atoms with E-state index >= 15 is 0 Å². The van der Waals surface area contributed by atoms with Gasteiger partial charge in [-0.1, -0.05) is 12.8 Å². The predicted molar refractivity (Wildman–Crippen MR) is 76.5 cm³/mol. The van der Waals surface area contributed by atoms with Gasteiger partial charge in [-0.2, -0.15) is 0 Å². The third-order valence-electron chi connectivity index (χ3n) is 4.89. The lowest BCUT2D eigenvalue weighted by molar-refractivity contribution is -0.144. The van der Waals surface area contributed by atoms with Crippen molar-refractivity contribution in [3.63, 3.8) is 0 Å². The number of nitrogens with zero attached hydrogens (tertiary/aromatic N) is 1. The normalized spacial score (nSPS) is 29.2. The Morgan fingerprint density at radius 2 is 1.95 bits per heavy atom. The van der Waals surface area contributed by atoms with E-state index < -0.39 is 5.97 Å². The molecular formula is C15H26N2O3. The van der Waals surface area contributed by atoms with Gasteiger partial charge < -0.3 is 15.3 Å². The highest BCUT2D eigenvalue weighted by atomic mass is 16.4. The average molecular weight is 282 g/mol. The molecule has 20 heavy (non-hydrogen) atoms. The second-order valence-corrected chi connectivity index (χ2v) is 6.74. The van der Waals surface area contributed by atoms with E-state index in [4.69, 9.17) is 0 Å². The van der Waals surface area contributed by atoms with Gasteiger partial charge in [0.05, 0.1) is 5.92 Å². The Labute approximate surface area is 120 Å². The first-order valence-electron chi connectivity index (χ1n) is 7.70. The Morgan fingerprint density at radius 3 is 2.55 bits per heavy atom. The molecule has 5 nitrogen and oxygen atoms in total. The van der Waals surface area contributed by atoms with Gasteiger partial charge in [0.1, 0.15) is 0 Å². The molecule has 1 aliphatic carbocycles. The molecule has 1 heterocycles. The molecule has 0 aromatic rings. The number of hydrogen-bond donors (Lipinski definition) is 2. The van der Waals surface area contributed by atoms with Crippen molar-refractivity contribution in [1.82, 2.24) is 10.2 Å². The van der Waals surface area contributed by atoms with Crippen LogP contribution in [0.4, 0.5) is 4.79 Å². The largest absolute Gasteiger partial charge is 0.481 e. The number of amides is 2. The molecule has 2 rings (SSSR count). The number of urea groups is 1. The van der Waals surface area contributed by atoms with E-state index in [-0.39, 0.29) is 23.4 Å². The van der Waals surface area contributed by atoms with E-state index in [9.17, 15) is 14.7 Å². The summed E-state index contributed by atoms with van der Waals surface area (Å²) in [4.78, 5) is 25.4. The van der Waals surface area contributed by atoms with Crippen LogP contribution in [0.3, 0.4) is 0 Å². The third kappa shape index (κ3) is 3.25. The zero-order chi connectivity index (χ0) is 14.8. The van der Waals surface area contributed by atoms with Crippen molar-refractivity contribution >= 4 is 12.0 Å². The van der Waals surface area contributed by atoms with Crippen LogP contribution in [0.5, 0.6) is 0 Å². The zero-order valence-electron chi connectivity index (χ0n) is 12.5. The number of carboxylic acid groups (broad SMARTS) is 1. The van der Waals surface area contributed by atoms with E-state index in [2.05, 4.69) is 19.2 Å². The molecule has 0 spiro atoms. The second-order valence-electron chi connectivity index (χ2n) is 6.74. The van der Waals surface area contributed by atoms with Gasteiger partial charge in [-0.05, 0) is 45.4 Å². The predicted octanol–water partition coefficient (Wildman–Crippen LogP) is 2.46. The molecule has 1 saturated heterocycles. The molecule has 0 radical (unpaired) electrons. The minimum atomic E-state index is -0.717. The van der Waals surface area contributed by atoms with Gasteiger partial charge in [0, 0.05) is 18.6 Å². The molecule has 2 N–H and O–H groups in total. The molecule has 1 saturated carbocycles. The molecule has 2 amide bonds. The summed E-state index contributed by atoms with van der Waals surface area (Å²) in [7, 11) is 0.